The van der Waals surface area contributed by atoms with Crippen molar-refractivity contribution in [2.75, 3.05) is 5.01 Å². The van der Waals surface area contributed by atoms with Crippen molar-refractivity contribution < 1.29 is 4.79 Å². The molecule has 1 unspecified atom stereocenters. The molecule has 1 atom stereocenters. The van der Waals surface area contributed by atoms with Gasteiger partial charge in [0.25, 0.3) is 5.91 Å². The third-order valence-corrected chi connectivity index (χ3v) is 6.28. The summed E-state index contributed by atoms with van der Waals surface area (Å²) in [6.07, 6.45) is 5.54. The van der Waals surface area contributed by atoms with Gasteiger partial charge in [0.05, 0.1) is 23.7 Å². The largest absolute Gasteiger partial charge is 0.271 e. The van der Waals surface area contributed by atoms with Crippen molar-refractivity contribution in [3.05, 3.63) is 130 Å². The predicted molar refractivity (Wildman–Crippen MR) is 145 cm³/mol. The highest BCUT2D eigenvalue weighted by atomic mass is 35.5. The van der Waals surface area contributed by atoms with Crippen LogP contribution in [0.5, 0.6) is 0 Å². The van der Waals surface area contributed by atoms with Crippen LogP contribution in [0.3, 0.4) is 0 Å². The maximum atomic E-state index is 12.1. The van der Waals surface area contributed by atoms with Gasteiger partial charge in [-0.15, -0.1) is 0 Å². The summed E-state index contributed by atoms with van der Waals surface area (Å²) >= 11 is 6.14. The zero-order chi connectivity index (χ0) is 24.9. The minimum absolute atomic E-state index is 0.0535. The van der Waals surface area contributed by atoms with Crippen LogP contribution in [0, 0.1) is 6.92 Å². The molecule has 0 radical (unpaired) electrons. The number of carbonyl (C=O) groups is 1. The van der Waals surface area contributed by atoms with Gasteiger partial charge in [0.1, 0.15) is 0 Å². The van der Waals surface area contributed by atoms with Crippen LogP contribution < -0.4 is 10.4 Å². The predicted octanol–water partition coefficient (Wildman–Crippen LogP) is 6.16. The van der Waals surface area contributed by atoms with Crippen LogP contribution in [-0.4, -0.2) is 22.8 Å². The smallest absolute Gasteiger partial charge is 0.267 e. The second-order valence-corrected chi connectivity index (χ2v) is 8.99. The summed E-state index contributed by atoms with van der Waals surface area (Å²) in [5.41, 5.74) is 9.40. The Morgan fingerprint density at radius 3 is 2.36 bits per heavy atom. The molecule has 6 nitrogen and oxygen atoms in total. The molecule has 1 aliphatic rings. The molecule has 0 fully saturated rings. The minimum atomic E-state index is -0.286. The van der Waals surface area contributed by atoms with Crippen LogP contribution in [0.1, 0.15) is 45.1 Å². The minimum Gasteiger partial charge on any atom is -0.267 e. The molecule has 4 aromatic rings. The molecule has 1 aliphatic heterocycles. The van der Waals surface area contributed by atoms with Gasteiger partial charge in [-0.2, -0.15) is 10.2 Å². The maximum absolute atomic E-state index is 12.1. The van der Waals surface area contributed by atoms with E-state index in [1.54, 1.807) is 30.7 Å². The molecule has 2 heterocycles. The number of aryl methyl sites for hydroxylation is 1. The van der Waals surface area contributed by atoms with E-state index in [9.17, 15) is 4.79 Å². The third kappa shape index (κ3) is 5.34. The lowest BCUT2D eigenvalue weighted by Gasteiger charge is -2.24. The number of hydrogen-bond donors (Lipinski definition) is 1. The van der Waals surface area contributed by atoms with Gasteiger partial charge in [-0.1, -0.05) is 65.7 Å². The van der Waals surface area contributed by atoms with Crippen LogP contribution in [0.25, 0.3) is 0 Å². The van der Waals surface area contributed by atoms with E-state index in [-0.39, 0.29) is 11.9 Å². The first-order valence-electron chi connectivity index (χ1n) is 11.6. The molecular formula is C29H24ClN5O. The van der Waals surface area contributed by atoms with Gasteiger partial charge in [-0.3, -0.25) is 14.8 Å². The summed E-state index contributed by atoms with van der Waals surface area (Å²) in [5, 5.41) is 11.9. The Morgan fingerprint density at radius 2 is 1.67 bits per heavy atom. The van der Waals surface area contributed by atoms with Crippen molar-refractivity contribution in [3.8, 4) is 0 Å². The Kier molecular flexibility index (Phi) is 6.87. The van der Waals surface area contributed by atoms with E-state index in [1.807, 2.05) is 36.4 Å². The van der Waals surface area contributed by atoms with Crippen LogP contribution in [-0.2, 0) is 0 Å². The normalized spacial score (nSPS) is 15.2. The summed E-state index contributed by atoms with van der Waals surface area (Å²) in [5.74, 6) is -0.286. The Balaban J connectivity index is 1.36. The number of amides is 1. The number of aromatic nitrogens is 1. The molecule has 0 spiro atoms. The second-order valence-electron chi connectivity index (χ2n) is 8.56. The third-order valence-electron chi connectivity index (χ3n) is 6.03. The van der Waals surface area contributed by atoms with Gasteiger partial charge >= 0.3 is 0 Å². The summed E-state index contributed by atoms with van der Waals surface area (Å²) in [6.45, 7) is 2.08. The number of nitrogens with zero attached hydrogens (tertiary/aromatic N) is 4. The molecule has 1 amide bonds. The van der Waals surface area contributed by atoms with E-state index < -0.39 is 0 Å². The van der Waals surface area contributed by atoms with Gasteiger partial charge in [0.15, 0.2) is 0 Å². The molecule has 36 heavy (non-hydrogen) atoms. The fourth-order valence-corrected chi connectivity index (χ4v) is 4.19. The number of benzene rings is 3. The number of carbonyl (C=O) groups excluding carboxylic acids is 1. The molecule has 5 rings (SSSR count). The fraction of sp³-hybridized carbons (Fsp3) is 0.103. The standard InChI is InChI=1S/C29H24ClN5O/c1-20-2-6-22(7-3-20)27-18-28(23-8-10-25(30)11-9-23)35(34-27)26-12-4-21(5-13-26)19-32-33-29(36)24-14-16-31-17-15-24/h2-17,19,28H,18H2,1H3,(H,33,36). The number of anilines is 1. The van der Waals surface area contributed by atoms with E-state index in [0.29, 0.717) is 10.6 Å². The zero-order valence-electron chi connectivity index (χ0n) is 19.7. The topological polar surface area (TPSA) is 70.0 Å². The average molecular weight is 494 g/mol. The molecule has 0 bridgehead atoms. The molecule has 3 aromatic carbocycles. The number of hydrogen-bond acceptors (Lipinski definition) is 5. The zero-order valence-corrected chi connectivity index (χ0v) is 20.4. The van der Waals surface area contributed by atoms with Crippen LogP contribution in [0.15, 0.2) is 108 Å². The maximum Gasteiger partial charge on any atom is 0.271 e. The lowest BCUT2D eigenvalue weighted by atomic mass is 9.98. The van der Waals surface area contributed by atoms with E-state index >= 15 is 0 Å². The highest BCUT2D eigenvalue weighted by molar-refractivity contribution is 6.30. The van der Waals surface area contributed by atoms with Crippen LogP contribution >= 0.6 is 11.6 Å². The van der Waals surface area contributed by atoms with Crippen LogP contribution in [0.2, 0.25) is 5.02 Å². The van der Waals surface area contributed by atoms with Crippen molar-refractivity contribution >= 4 is 35.1 Å². The number of nitrogens with one attached hydrogen (secondary N) is 1. The summed E-state index contributed by atoms with van der Waals surface area (Å²) in [7, 11) is 0. The first-order valence-corrected chi connectivity index (χ1v) is 12.0. The second kappa shape index (κ2) is 10.5. The average Bonchev–Trinajstić information content (AvgIpc) is 3.36. The number of pyridine rings is 1. The molecular weight excluding hydrogens is 470 g/mol. The Morgan fingerprint density at radius 1 is 0.972 bits per heavy atom. The quantitative estimate of drug-likeness (QED) is 0.258. The first-order chi connectivity index (χ1) is 17.6. The lowest BCUT2D eigenvalue weighted by molar-refractivity contribution is 0.0955. The Bertz CT molecular complexity index is 1400. The summed E-state index contributed by atoms with van der Waals surface area (Å²) < 4.78 is 0. The monoisotopic (exact) mass is 493 g/mol. The number of rotatable bonds is 6. The van der Waals surface area contributed by atoms with E-state index in [0.717, 1.165) is 34.5 Å². The summed E-state index contributed by atoms with van der Waals surface area (Å²) in [6, 6.07) is 27.7. The molecule has 0 aliphatic carbocycles. The van der Waals surface area contributed by atoms with Gasteiger partial charge in [0, 0.05) is 29.4 Å². The van der Waals surface area contributed by atoms with Crippen molar-refractivity contribution in [2.24, 2.45) is 10.2 Å². The number of halogens is 1. The van der Waals surface area contributed by atoms with Crippen molar-refractivity contribution in [2.45, 2.75) is 19.4 Å². The molecule has 178 valence electrons. The van der Waals surface area contributed by atoms with E-state index in [2.05, 4.69) is 63.8 Å². The molecule has 0 saturated heterocycles. The number of hydrazone groups is 2. The first kappa shape index (κ1) is 23.5. The van der Waals surface area contributed by atoms with Gasteiger partial charge in [-0.05, 0) is 60.0 Å². The van der Waals surface area contributed by atoms with E-state index in [4.69, 9.17) is 16.7 Å². The lowest BCUT2D eigenvalue weighted by Crippen LogP contribution is -2.18. The highest BCUT2D eigenvalue weighted by Crippen LogP contribution is 2.37. The van der Waals surface area contributed by atoms with Gasteiger partial charge in [0.2, 0.25) is 0 Å². The molecule has 0 saturated carbocycles. The SMILES string of the molecule is Cc1ccc(C2=NN(c3ccc(C=NNC(=O)c4ccncc4)cc3)C(c3ccc(Cl)cc3)C2)cc1. The molecule has 1 N–H and O–H groups in total. The van der Waals surface area contributed by atoms with Gasteiger partial charge in [-0.25, -0.2) is 5.43 Å². The highest BCUT2D eigenvalue weighted by Gasteiger charge is 2.29. The van der Waals surface area contributed by atoms with Crippen molar-refractivity contribution in [3.63, 3.8) is 0 Å². The molecule has 7 heteroatoms. The van der Waals surface area contributed by atoms with E-state index in [1.165, 1.54) is 5.56 Å². The molecule has 1 aromatic heterocycles. The Hall–Kier alpha value is -4.29. The Labute approximate surface area is 215 Å². The van der Waals surface area contributed by atoms with Gasteiger partial charge < -0.3 is 0 Å². The van der Waals surface area contributed by atoms with Crippen molar-refractivity contribution in [1.82, 2.24) is 10.4 Å². The van der Waals surface area contributed by atoms with Crippen LogP contribution in [0.4, 0.5) is 5.69 Å². The fourth-order valence-electron chi connectivity index (χ4n) is 4.06. The summed E-state index contributed by atoms with van der Waals surface area (Å²) in [4.78, 5) is 16.1. The van der Waals surface area contributed by atoms with Crippen molar-refractivity contribution in [1.29, 1.82) is 0 Å².